The van der Waals surface area contributed by atoms with Crippen molar-refractivity contribution in [3.63, 3.8) is 0 Å². The van der Waals surface area contributed by atoms with E-state index in [1.807, 2.05) is 0 Å². The van der Waals surface area contributed by atoms with Crippen LogP contribution in [0.15, 0.2) is 48.5 Å². The number of rotatable bonds is 8. The Labute approximate surface area is 201 Å². The molecule has 10 heteroatoms. The standard InChI is InChI=1S/C25H27F3N2O5/c26-25(27,28)18-6-5-9-20(14-18)30-22(31)15-34-21-12-10-17(11-13-21)24(33)35-16-23(32)29-19-7-3-1-2-4-8-19/h5-6,9-14,19H,1-4,7-8,15-16H2,(H,29,32)(H,30,31). The van der Waals surface area contributed by atoms with Crippen molar-refractivity contribution >= 4 is 23.5 Å². The lowest BCUT2D eigenvalue weighted by atomic mass is 10.1. The van der Waals surface area contributed by atoms with E-state index in [1.54, 1.807) is 0 Å². The molecule has 0 aliphatic heterocycles. The molecule has 2 N–H and O–H groups in total. The van der Waals surface area contributed by atoms with Crippen LogP contribution in [-0.2, 0) is 20.5 Å². The molecule has 0 atom stereocenters. The third-order valence-electron chi connectivity index (χ3n) is 5.49. The average Bonchev–Trinajstić information content (AvgIpc) is 3.10. The fourth-order valence-electron chi connectivity index (χ4n) is 3.71. The summed E-state index contributed by atoms with van der Waals surface area (Å²) in [4.78, 5) is 36.3. The lowest BCUT2D eigenvalue weighted by molar-refractivity contribution is -0.137. The van der Waals surface area contributed by atoms with Gasteiger partial charge in [-0.2, -0.15) is 13.2 Å². The van der Waals surface area contributed by atoms with Crippen LogP contribution in [0.1, 0.15) is 54.4 Å². The number of ether oxygens (including phenoxy) is 2. The number of hydrogen-bond donors (Lipinski definition) is 2. The Kier molecular flexibility index (Phi) is 9.11. The summed E-state index contributed by atoms with van der Waals surface area (Å²) in [6.45, 7) is -0.815. The molecule has 0 saturated heterocycles. The smallest absolute Gasteiger partial charge is 0.416 e. The predicted molar refractivity (Wildman–Crippen MR) is 122 cm³/mol. The van der Waals surface area contributed by atoms with Crippen molar-refractivity contribution in [2.24, 2.45) is 0 Å². The third-order valence-corrected chi connectivity index (χ3v) is 5.49. The quantitative estimate of drug-likeness (QED) is 0.411. The molecule has 1 aliphatic carbocycles. The van der Waals surface area contributed by atoms with E-state index in [1.165, 1.54) is 49.2 Å². The number of halogens is 3. The van der Waals surface area contributed by atoms with Crippen LogP contribution in [0, 0.1) is 0 Å². The molecule has 0 bridgehead atoms. The summed E-state index contributed by atoms with van der Waals surface area (Å²) < 4.78 is 48.7. The maximum absolute atomic E-state index is 12.8. The van der Waals surface area contributed by atoms with Crippen molar-refractivity contribution in [2.75, 3.05) is 18.5 Å². The molecule has 7 nitrogen and oxygen atoms in total. The molecule has 2 amide bonds. The molecule has 35 heavy (non-hydrogen) atoms. The van der Waals surface area contributed by atoms with Crippen molar-refractivity contribution in [1.82, 2.24) is 5.32 Å². The Morgan fingerprint density at radius 3 is 2.23 bits per heavy atom. The average molecular weight is 492 g/mol. The van der Waals surface area contributed by atoms with Gasteiger partial charge in [-0.15, -0.1) is 0 Å². The first kappa shape index (κ1) is 26.1. The fourth-order valence-corrected chi connectivity index (χ4v) is 3.71. The van der Waals surface area contributed by atoms with E-state index >= 15 is 0 Å². The van der Waals surface area contributed by atoms with Gasteiger partial charge in [-0.25, -0.2) is 4.79 Å². The van der Waals surface area contributed by atoms with Gasteiger partial charge in [0.2, 0.25) is 0 Å². The van der Waals surface area contributed by atoms with E-state index in [4.69, 9.17) is 9.47 Å². The molecular formula is C25H27F3N2O5. The van der Waals surface area contributed by atoms with Crippen molar-refractivity contribution in [2.45, 2.75) is 50.7 Å². The summed E-state index contributed by atoms with van der Waals surface area (Å²) in [5, 5.41) is 5.24. The predicted octanol–water partition coefficient (Wildman–Crippen LogP) is 4.72. The van der Waals surface area contributed by atoms with Crippen molar-refractivity contribution < 1.29 is 37.0 Å². The summed E-state index contributed by atoms with van der Waals surface area (Å²) in [7, 11) is 0. The van der Waals surface area contributed by atoms with Crippen LogP contribution in [0.2, 0.25) is 0 Å². The number of hydrogen-bond acceptors (Lipinski definition) is 5. The van der Waals surface area contributed by atoms with Crippen LogP contribution in [0.5, 0.6) is 5.75 Å². The first-order valence-corrected chi connectivity index (χ1v) is 11.4. The molecule has 3 rings (SSSR count). The lowest BCUT2D eigenvalue weighted by Crippen LogP contribution is -2.37. The van der Waals surface area contributed by atoms with Gasteiger partial charge in [0, 0.05) is 11.7 Å². The highest BCUT2D eigenvalue weighted by Gasteiger charge is 2.30. The van der Waals surface area contributed by atoms with Gasteiger partial charge in [0.25, 0.3) is 11.8 Å². The molecule has 2 aromatic rings. The minimum absolute atomic E-state index is 0.00500. The third kappa shape index (κ3) is 8.62. The molecular weight excluding hydrogens is 465 g/mol. The number of alkyl halides is 3. The highest BCUT2D eigenvalue weighted by molar-refractivity contribution is 5.92. The Morgan fingerprint density at radius 2 is 1.57 bits per heavy atom. The molecule has 1 saturated carbocycles. The second-order valence-corrected chi connectivity index (χ2v) is 8.27. The maximum Gasteiger partial charge on any atom is 0.416 e. The molecule has 0 aromatic heterocycles. The van der Waals surface area contributed by atoms with Gasteiger partial charge in [-0.3, -0.25) is 9.59 Å². The Hall–Kier alpha value is -3.56. The van der Waals surface area contributed by atoms with Gasteiger partial charge >= 0.3 is 12.1 Å². The van der Waals surface area contributed by atoms with Crippen LogP contribution < -0.4 is 15.4 Å². The summed E-state index contributed by atoms with van der Waals surface area (Å²) in [5.74, 6) is -1.38. The van der Waals surface area contributed by atoms with Crippen LogP contribution in [0.3, 0.4) is 0 Å². The second-order valence-electron chi connectivity index (χ2n) is 8.27. The zero-order valence-corrected chi connectivity index (χ0v) is 19.0. The van der Waals surface area contributed by atoms with Gasteiger partial charge in [-0.1, -0.05) is 31.7 Å². The number of anilines is 1. The van der Waals surface area contributed by atoms with E-state index < -0.39 is 30.2 Å². The van der Waals surface area contributed by atoms with Crippen molar-refractivity contribution in [1.29, 1.82) is 0 Å². The maximum atomic E-state index is 12.8. The Morgan fingerprint density at radius 1 is 0.886 bits per heavy atom. The van der Waals surface area contributed by atoms with Gasteiger partial charge in [0.15, 0.2) is 13.2 Å². The molecule has 1 aliphatic rings. The summed E-state index contributed by atoms with van der Waals surface area (Å²) in [6.07, 6.45) is 1.83. The number of benzene rings is 2. The first-order valence-electron chi connectivity index (χ1n) is 11.4. The van der Waals surface area contributed by atoms with Gasteiger partial charge in [0.05, 0.1) is 11.1 Å². The van der Waals surface area contributed by atoms with Gasteiger partial charge in [-0.05, 0) is 55.3 Å². The SMILES string of the molecule is O=C(COc1ccc(C(=O)OCC(=O)NC2CCCCCC2)cc1)Nc1cccc(C(F)(F)F)c1. The Bertz CT molecular complexity index is 1020. The Balaban J connectivity index is 1.41. The highest BCUT2D eigenvalue weighted by atomic mass is 19.4. The minimum atomic E-state index is -4.52. The molecule has 1 fully saturated rings. The number of carbonyl (C=O) groups is 3. The number of nitrogens with one attached hydrogen (secondary N) is 2. The largest absolute Gasteiger partial charge is 0.484 e. The normalized spacial score (nSPS) is 14.5. The summed E-state index contributed by atoms with van der Waals surface area (Å²) in [6, 6.07) is 10.1. The number of carbonyl (C=O) groups excluding carboxylic acids is 3. The van der Waals surface area contributed by atoms with Crippen molar-refractivity contribution in [3.8, 4) is 5.75 Å². The van der Waals surface area contributed by atoms with Crippen LogP contribution in [0.25, 0.3) is 0 Å². The number of amides is 2. The summed E-state index contributed by atoms with van der Waals surface area (Å²) in [5.41, 5.74) is -0.678. The fraction of sp³-hybridized carbons (Fsp3) is 0.400. The highest BCUT2D eigenvalue weighted by Crippen LogP contribution is 2.30. The summed E-state index contributed by atoms with van der Waals surface area (Å²) >= 11 is 0. The van der Waals surface area contributed by atoms with Gasteiger partial charge in [0.1, 0.15) is 5.75 Å². The van der Waals surface area contributed by atoms with E-state index in [0.29, 0.717) is 0 Å². The first-order chi connectivity index (χ1) is 16.7. The zero-order chi connectivity index (χ0) is 25.3. The number of esters is 1. The minimum Gasteiger partial charge on any atom is -0.484 e. The second kappa shape index (κ2) is 12.2. The van der Waals surface area contributed by atoms with E-state index in [0.717, 1.165) is 37.8 Å². The van der Waals surface area contributed by atoms with Crippen LogP contribution in [0.4, 0.5) is 18.9 Å². The lowest BCUT2D eigenvalue weighted by Gasteiger charge is -2.16. The molecule has 0 radical (unpaired) electrons. The van der Waals surface area contributed by atoms with E-state index in [2.05, 4.69) is 10.6 Å². The molecule has 2 aromatic carbocycles. The monoisotopic (exact) mass is 492 g/mol. The molecule has 0 unspecified atom stereocenters. The van der Waals surface area contributed by atoms with E-state index in [9.17, 15) is 27.6 Å². The van der Waals surface area contributed by atoms with Crippen molar-refractivity contribution in [3.05, 3.63) is 59.7 Å². The topological polar surface area (TPSA) is 93.7 Å². The molecule has 188 valence electrons. The zero-order valence-electron chi connectivity index (χ0n) is 19.0. The van der Waals surface area contributed by atoms with Gasteiger partial charge < -0.3 is 20.1 Å². The molecule has 0 heterocycles. The van der Waals surface area contributed by atoms with Crippen LogP contribution >= 0.6 is 0 Å². The van der Waals surface area contributed by atoms with E-state index in [-0.39, 0.29) is 35.6 Å². The molecule has 0 spiro atoms. The van der Waals surface area contributed by atoms with Crippen LogP contribution in [-0.4, -0.2) is 37.0 Å².